The number of alkyl halides is 3. The van der Waals surface area contributed by atoms with Gasteiger partial charge < -0.3 is 9.47 Å². The Morgan fingerprint density at radius 3 is 2.33 bits per heavy atom. The van der Waals surface area contributed by atoms with Crippen LogP contribution < -0.4 is 4.74 Å². The number of hydrogen-bond donors (Lipinski definition) is 0. The monoisotopic (exact) mass is 342 g/mol. The van der Waals surface area contributed by atoms with E-state index < -0.39 is 6.36 Å². The number of hydrogen-bond acceptors (Lipinski definition) is 2. The lowest BCUT2D eigenvalue weighted by Gasteiger charge is -2.26. The number of allylic oxidation sites excluding steroid dienone is 1. The second kappa shape index (κ2) is 9.11. The van der Waals surface area contributed by atoms with Crippen molar-refractivity contribution >= 4 is 0 Å². The molecule has 24 heavy (non-hydrogen) atoms. The van der Waals surface area contributed by atoms with Crippen LogP contribution in [0.2, 0.25) is 0 Å². The molecule has 0 radical (unpaired) electrons. The van der Waals surface area contributed by atoms with Gasteiger partial charge in [-0.15, -0.1) is 13.2 Å². The highest BCUT2D eigenvalue weighted by Crippen LogP contribution is 2.32. The predicted molar refractivity (Wildman–Crippen MR) is 87.9 cm³/mol. The molecule has 0 heterocycles. The van der Waals surface area contributed by atoms with Gasteiger partial charge in [-0.1, -0.05) is 24.3 Å². The van der Waals surface area contributed by atoms with Gasteiger partial charge in [0.25, 0.3) is 0 Å². The molecular weight excluding hydrogens is 317 g/mol. The molecule has 0 N–H and O–H groups in total. The molecule has 0 amide bonds. The maximum Gasteiger partial charge on any atom is 0.573 e. The van der Waals surface area contributed by atoms with Gasteiger partial charge >= 0.3 is 6.36 Å². The molecule has 1 aromatic carbocycles. The Kier molecular flexibility index (Phi) is 7.16. The van der Waals surface area contributed by atoms with Crippen LogP contribution in [0.4, 0.5) is 13.2 Å². The van der Waals surface area contributed by atoms with Crippen LogP contribution in [0.15, 0.2) is 36.4 Å². The van der Waals surface area contributed by atoms with Crippen molar-refractivity contribution in [3.63, 3.8) is 0 Å². The fraction of sp³-hybridized carbons (Fsp3) is 0.579. The molecule has 1 aliphatic carbocycles. The minimum Gasteiger partial charge on any atom is -0.406 e. The number of benzene rings is 1. The summed E-state index contributed by atoms with van der Waals surface area (Å²) in [4.78, 5) is 0. The van der Waals surface area contributed by atoms with Crippen molar-refractivity contribution in [2.45, 2.75) is 44.9 Å². The molecule has 1 saturated carbocycles. The molecule has 134 valence electrons. The van der Waals surface area contributed by atoms with Crippen LogP contribution in [0.25, 0.3) is 0 Å². The molecule has 1 fully saturated rings. The smallest absolute Gasteiger partial charge is 0.406 e. The van der Waals surface area contributed by atoms with E-state index in [-0.39, 0.29) is 5.75 Å². The average molecular weight is 342 g/mol. The lowest BCUT2D eigenvalue weighted by Crippen LogP contribution is -2.17. The summed E-state index contributed by atoms with van der Waals surface area (Å²) in [6.45, 7) is 0.675. The summed E-state index contributed by atoms with van der Waals surface area (Å²) < 4.78 is 45.3. The Balaban J connectivity index is 1.71. The number of aryl methyl sites for hydroxylation is 1. The molecule has 2 nitrogen and oxygen atoms in total. The zero-order valence-electron chi connectivity index (χ0n) is 14.0. The van der Waals surface area contributed by atoms with E-state index in [1.54, 1.807) is 19.2 Å². The van der Waals surface area contributed by atoms with E-state index in [0.29, 0.717) is 18.4 Å². The Morgan fingerprint density at radius 1 is 1.08 bits per heavy atom. The maximum atomic E-state index is 12.1. The van der Waals surface area contributed by atoms with Crippen LogP contribution in [0.5, 0.6) is 5.75 Å². The molecule has 0 aliphatic heterocycles. The summed E-state index contributed by atoms with van der Waals surface area (Å²) in [5.74, 6) is 1.22. The fourth-order valence-corrected chi connectivity index (χ4v) is 3.24. The Hall–Kier alpha value is -1.49. The van der Waals surface area contributed by atoms with Crippen LogP contribution in [-0.2, 0) is 11.2 Å². The number of halogens is 3. The standard InChI is InChI=1S/C19H25F3O2/c1-23-14-2-3-15-4-6-16(7-5-15)8-9-17-10-12-18(13-11-17)24-19(20,21)22/h2-3,10-13,15-16H,4-9,14H2,1H3/b3-2+. The first-order valence-electron chi connectivity index (χ1n) is 8.46. The Bertz CT molecular complexity index is 500. The third-order valence-corrected chi connectivity index (χ3v) is 4.56. The van der Waals surface area contributed by atoms with E-state index in [0.717, 1.165) is 18.4 Å². The van der Waals surface area contributed by atoms with Crippen molar-refractivity contribution in [2.75, 3.05) is 13.7 Å². The lowest BCUT2D eigenvalue weighted by atomic mass is 9.79. The van der Waals surface area contributed by atoms with E-state index in [9.17, 15) is 13.2 Å². The van der Waals surface area contributed by atoms with Gasteiger partial charge in [-0.2, -0.15) is 0 Å². The quantitative estimate of drug-likeness (QED) is 0.607. The van der Waals surface area contributed by atoms with Gasteiger partial charge in [0.2, 0.25) is 0 Å². The normalized spacial score (nSPS) is 22.0. The van der Waals surface area contributed by atoms with Crippen molar-refractivity contribution in [1.82, 2.24) is 0 Å². The zero-order valence-corrected chi connectivity index (χ0v) is 14.0. The predicted octanol–water partition coefficient (Wildman–Crippen LogP) is 5.53. The third kappa shape index (κ3) is 6.95. The van der Waals surface area contributed by atoms with Gasteiger partial charge in [0, 0.05) is 7.11 Å². The molecule has 1 aliphatic rings. The summed E-state index contributed by atoms with van der Waals surface area (Å²) >= 11 is 0. The van der Waals surface area contributed by atoms with Gasteiger partial charge in [0.15, 0.2) is 0 Å². The summed E-state index contributed by atoms with van der Waals surface area (Å²) in [5, 5.41) is 0. The number of ether oxygens (including phenoxy) is 2. The van der Waals surface area contributed by atoms with Gasteiger partial charge in [-0.25, -0.2) is 0 Å². The first-order chi connectivity index (χ1) is 11.5. The van der Waals surface area contributed by atoms with Crippen LogP contribution in [0, 0.1) is 11.8 Å². The first-order valence-corrected chi connectivity index (χ1v) is 8.46. The molecule has 2 rings (SSSR count). The van der Waals surface area contributed by atoms with Crippen molar-refractivity contribution in [2.24, 2.45) is 11.8 Å². The molecule has 0 unspecified atom stereocenters. The van der Waals surface area contributed by atoms with Crippen LogP contribution >= 0.6 is 0 Å². The average Bonchev–Trinajstić information content (AvgIpc) is 2.54. The molecular formula is C19H25F3O2. The largest absolute Gasteiger partial charge is 0.573 e. The van der Waals surface area contributed by atoms with Crippen LogP contribution in [0.1, 0.15) is 37.7 Å². The molecule has 0 bridgehead atoms. The van der Waals surface area contributed by atoms with Crippen molar-refractivity contribution < 1.29 is 22.6 Å². The maximum absolute atomic E-state index is 12.1. The second-order valence-corrected chi connectivity index (χ2v) is 6.39. The van der Waals surface area contributed by atoms with Crippen molar-refractivity contribution in [3.8, 4) is 5.75 Å². The lowest BCUT2D eigenvalue weighted by molar-refractivity contribution is -0.274. The molecule has 0 aromatic heterocycles. The van der Waals surface area contributed by atoms with Gasteiger partial charge in [-0.3, -0.25) is 0 Å². The summed E-state index contributed by atoms with van der Waals surface area (Å²) in [7, 11) is 1.70. The number of rotatable bonds is 7. The van der Waals surface area contributed by atoms with E-state index in [4.69, 9.17) is 4.74 Å². The molecule has 0 atom stereocenters. The van der Waals surface area contributed by atoms with Gasteiger partial charge in [0.1, 0.15) is 5.75 Å². The molecule has 5 heteroatoms. The highest BCUT2D eigenvalue weighted by Gasteiger charge is 2.30. The van der Waals surface area contributed by atoms with E-state index in [1.165, 1.54) is 37.8 Å². The number of methoxy groups -OCH3 is 1. The fourth-order valence-electron chi connectivity index (χ4n) is 3.24. The minimum absolute atomic E-state index is 0.158. The highest BCUT2D eigenvalue weighted by atomic mass is 19.4. The third-order valence-electron chi connectivity index (χ3n) is 4.56. The van der Waals surface area contributed by atoms with Gasteiger partial charge in [0.05, 0.1) is 6.61 Å². The summed E-state index contributed by atoms with van der Waals surface area (Å²) in [6.07, 6.45) is 6.59. The van der Waals surface area contributed by atoms with Gasteiger partial charge in [-0.05, 0) is 68.1 Å². The molecule has 0 saturated heterocycles. The minimum atomic E-state index is -4.63. The SMILES string of the molecule is COC/C=C/C1CCC(CCc2ccc(OC(F)(F)F)cc2)CC1. The van der Waals surface area contributed by atoms with E-state index in [2.05, 4.69) is 16.9 Å². The topological polar surface area (TPSA) is 18.5 Å². The highest BCUT2D eigenvalue weighted by molar-refractivity contribution is 5.27. The molecule has 0 spiro atoms. The zero-order chi connectivity index (χ0) is 17.4. The van der Waals surface area contributed by atoms with E-state index >= 15 is 0 Å². The van der Waals surface area contributed by atoms with E-state index in [1.807, 2.05) is 0 Å². The molecule has 1 aromatic rings. The van der Waals surface area contributed by atoms with Crippen molar-refractivity contribution in [3.05, 3.63) is 42.0 Å². The summed E-state index contributed by atoms with van der Waals surface area (Å²) in [6, 6.07) is 6.22. The second-order valence-electron chi connectivity index (χ2n) is 6.39. The van der Waals surface area contributed by atoms with Crippen LogP contribution in [0.3, 0.4) is 0 Å². The van der Waals surface area contributed by atoms with Crippen LogP contribution in [-0.4, -0.2) is 20.1 Å². The Labute approximate surface area is 141 Å². The summed E-state index contributed by atoms with van der Waals surface area (Å²) in [5.41, 5.74) is 1.06. The van der Waals surface area contributed by atoms with Crippen molar-refractivity contribution in [1.29, 1.82) is 0 Å². The first kappa shape index (κ1) is 18.8. The Morgan fingerprint density at radius 2 is 1.75 bits per heavy atom.